The van der Waals surface area contributed by atoms with Crippen molar-refractivity contribution >= 4 is 15.8 Å². The lowest BCUT2D eigenvalue weighted by Gasteiger charge is -2.08. The van der Waals surface area contributed by atoms with Crippen LogP contribution >= 0.6 is 0 Å². The third-order valence-corrected chi connectivity index (χ3v) is 6.17. The number of nitrogens with zero attached hydrogens (tertiary/aromatic N) is 1. The van der Waals surface area contributed by atoms with Crippen LogP contribution in [0, 0.1) is 22.6 Å². The molecule has 1 aromatic carbocycles. The highest BCUT2D eigenvalue weighted by Gasteiger charge is 2.77. The van der Waals surface area contributed by atoms with Gasteiger partial charge in [-0.2, -0.15) is 5.26 Å². The number of carbonyl (C=O) groups is 1. The van der Waals surface area contributed by atoms with Gasteiger partial charge in [0.05, 0.1) is 12.7 Å². The van der Waals surface area contributed by atoms with Crippen LogP contribution < -0.4 is 0 Å². The normalized spacial score (nSPS) is 27.0. The lowest BCUT2D eigenvalue weighted by Crippen LogP contribution is -2.26. The van der Waals surface area contributed by atoms with E-state index in [9.17, 15) is 22.9 Å². The van der Waals surface area contributed by atoms with Crippen LogP contribution in [0.2, 0.25) is 0 Å². The van der Waals surface area contributed by atoms with Gasteiger partial charge < -0.3 is 4.74 Å². The Hall–Kier alpha value is -1.94. The standard InChI is InChI=1S/C15H16FNO4S/c1-3-21-14(18)15(9-17)12(13(15)22(19,20)4-2)10-5-7-11(16)8-6-10/h5-8,12-13H,3-4H2,1-2H3. The van der Waals surface area contributed by atoms with Gasteiger partial charge in [-0.3, -0.25) is 4.79 Å². The molecule has 0 radical (unpaired) electrons. The molecular weight excluding hydrogens is 309 g/mol. The molecule has 118 valence electrons. The van der Waals surface area contributed by atoms with Gasteiger partial charge in [0.1, 0.15) is 11.1 Å². The molecule has 0 N–H and O–H groups in total. The van der Waals surface area contributed by atoms with E-state index in [1.165, 1.54) is 31.2 Å². The summed E-state index contributed by atoms with van der Waals surface area (Å²) >= 11 is 0. The van der Waals surface area contributed by atoms with Crippen molar-refractivity contribution in [2.24, 2.45) is 5.41 Å². The molecule has 22 heavy (non-hydrogen) atoms. The lowest BCUT2D eigenvalue weighted by molar-refractivity contribution is -0.147. The minimum Gasteiger partial charge on any atom is -0.465 e. The number of sulfone groups is 1. The number of benzene rings is 1. The van der Waals surface area contributed by atoms with Crippen LogP contribution in [-0.2, 0) is 19.4 Å². The van der Waals surface area contributed by atoms with Gasteiger partial charge in [-0.1, -0.05) is 19.1 Å². The Balaban J connectivity index is 2.52. The van der Waals surface area contributed by atoms with E-state index < -0.39 is 38.2 Å². The molecule has 0 aromatic heterocycles. The zero-order chi connectivity index (χ0) is 16.5. The molecule has 0 aliphatic heterocycles. The third-order valence-electron chi connectivity index (χ3n) is 3.95. The summed E-state index contributed by atoms with van der Waals surface area (Å²) in [6.45, 7) is 3.10. The average molecular weight is 325 g/mol. The summed E-state index contributed by atoms with van der Waals surface area (Å²) in [7, 11) is -3.63. The van der Waals surface area contributed by atoms with Crippen LogP contribution in [0.15, 0.2) is 24.3 Å². The fraction of sp³-hybridized carbons (Fsp3) is 0.467. The summed E-state index contributed by atoms with van der Waals surface area (Å²) in [5.74, 6) is -2.33. The van der Waals surface area contributed by atoms with E-state index in [0.717, 1.165) is 0 Å². The van der Waals surface area contributed by atoms with E-state index in [4.69, 9.17) is 4.74 Å². The van der Waals surface area contributed by atoms with Crippen LogP contribution in [0.1, 0.15) is 25.3 Å². The van der Waals surface area contributed by atoms with Crippen molar-refractivity contribution in [2.45, 2.75) is 25.0 Å². The van der Waals surface area contributed by atoms with Crippen molar-refractivity contribution in [3.05, 3.63) is 35.6 Å². The van der Waals surface area contributed by atoms with Crippen LogP contribution in [0.5, 0.6) is 0 Å². The quantitative estimate of drug-likeness (QED) is 0.771. The van der Waals surface area contributed by atoms with E-state index >= 15 is 0 Å². The Kier molecular flexibility index (Phi) is 4.25. The minimum atomic E-state index is -3.63. The van der Waals surface area contributed by atoms with Crippen LogP contribution in [-0.4, -0.2) is 32.0 Å². The predicted octanol–water partition coefficient (Wildman–Crippen LogP) is 1.80. The Labute approximate surface area is 128 Å². The predicted molar refractivity (Wildman–Crippen MR) is 77.1 cm³/mol. The number of carbonyl (C=O) groups excluding carboxylic acids is 1. The molecule has 7 heteroatoms. The number of hydrogen-bond donors (Lipinski definition) is 0. The Morgan fingerprint density at radius 1 is 1.36 bits per heavy atom. The highest BCUT2D eigenvalue weighted by molar-refractivity contribution is 7.92. The summed E-state index contributed by atoms with van der Waals surface area (Å²) in [6.07, 6.45) is 0. The average Bonchev–Trinajstić information content (AvgIpc) is 3.20. The molecule has 5 nitrogen and oxygen atoms in total. The maximum absolute atomic E-state index is 13.0. The van der Waals surface area contributed by atoms with Crippen molar-refractivity contribution in [3.63, 3.8) is 0 Å². The van der Waals surface area contributed by atoms with E-state index in [0.29, 0.717) is 5.56 Å². The Bertz CT molecular complexity index is 723. The van der Waals surface area contributed by atoms with Crippen LogP contribution in [0.25, 0.3) is 0 Å². The highest BCUT2D eigenvalue weighted by atomic mass is 32.2. The number of hydrogen-bond acceptors (Lipinski definition) is 5. The monoisotopic (exact) mass is 325 g/mol. The van der Waals surface area contributed by atoms with Crippen molar-refractivity contribution in [3.8, 4) is 6.07 Å². The maximum Gasteiger partial charge on any atom is 0.328 e. The molecule has 0 saturated heterocycles. The SMILES string of the molecule is CCOC(=O)C1(C#N)C(c2ccc(F)cc2)C1S(=O)(=O)CC. The Morgan fingerprint density at radius 2 is 1.95 bits per heavy atom. The smallest absolute Gasteiger partial charge is 0.328 e. The van der Waals surface area contributed by atoms with Gasteiger partial charge in [-0.05, 0) is 24.6 Å². The molecule has 0 heterocycles. The van der Waals surface area contributed by atoms with E-state index in [2.05, 4.69) is 0 Å². The van der Waals surface area contributed by atoms with Gasteiger partial charge in [0, 0.05) is 11.7 Å². The third kappa shape index (κ3) is 2.37. The minimum absolute atomic E-state index is 0.0529. The topological polar surface area (TPSA) is 84.2 Å². The summed E-state index contributed by atoms with van der Waals surface area (Å²) < 4.78 is 42.5. The first kappa shape index (κ1) is 16.4. The molecule has 0 spiro atoms. The van der Waals surface area contributed by atoms with Gasteiger partial charge in [0.15, 0.2) is 15.3 Å². The fourth-order valence-electron chi connectivity index (χ4n) is 2.81. The molecule has 0 bridgehead atoms. The van der Waals surface area contributed by atoms with Gasteiger partial charge in [-0.15, -0.1) is 0 Å². The number of rotatable bonds is 5. The van der Waals surface area contributed by atoms with Crippen molar-refractivity contribution in [1.29, 1.82) is 5.26 Å². The lowest BCUT2D eigenvalue weighted by atomic mass is 10.0. The number of ether oxygens (including phenoxy) is 1. The summed E-state index contributed by atoms with van der Waals surface area (Å²) in [5, 5.41) is 8.33. The van der Waals surface area contributed by atoms with Gasteiger partial charge in [0.2, 0.25) is 0 Å². The summed E-state index contributed by atoms with van der Waals surface area (Å²) in [6, 6.07) is 7.00. The molecule has 1 aliphatic carbocycles. The van der Waals surface area contributed by atoms with Gasteiger partial charge in [-0.25, -0.2) is 12.8 Å². The van der Waals surface area contributed by atoms with E-state index in [1.54, 1.807) is 6.92 Å². The first-order chi connectivity index (χ1) is 10.3. The molecule has 1 saturated carbocycles. The zero-order valence-electron chi connectivity index (χ0n) is 12.2. The van der Waals surface area contributed by atoms with E-state index in [-0.39, 0.29) is 12.4 Å². The summed E-state index contributed by atoms with van der Waals surface area (Å²) in [5.41, 5.74) is -1.30. The zero-order valence-corrected chi connectivity index (χ0v) is 13.1. The highest BCUT2D eigenvalue weighted by Crippen LogP contribution is 2.63. The molecule has 1 aliphatic rings. The fourth-order valence-corrected chi connectivity index (χ4v) is 4.74. The molecule has 3 atom stereocenters. The molecule has 0 amide bonds. The second kappa shape index (κ2) is 5.69. The number of halogens is 1. The second-order valence-corrected chi connectivity index (χ2v) is 7.51. The largest absolute Gasteiger partial charge is 0.465 e. The molecule has 3 unspecified atom stereocenters. The van der Waals surface area contributed by atoms with Crippen molar-refractivity contribution in [2.75, 3.05) is 12.4 Å². The Morgan fingerprint density at radius 3 is 2.41 bits per heavy atom. The van der Waals surface area contributed by atoms with Gasteiger partial charge in [0.25, 0.3) is 0 Å². The van der Waals surface area contributed by atoms with Crippen molar-refractivity contribution in [1.82, 2.24) is 0 Å². The first-order valence-electron chi connectivity index (χ1n) is 6.90. The first-order valence-corrected chi connectivity index (χ1v) is 8.62. The number of nitriles is 1. The maximum atomic E-state index is 13.0. The second-order valence-electron chi connectivity index (χ2n) is 5.10. The molecule has 1 aromatic rings. The number of esters is 1. The van der Waals surface area contributed by atoms with Crippen LogP contribution in [0.4, 0.5) is 4.39 Å². The van der Waals surface area contributed by atoms with Crippen LogP contribution in [0.3, 0.4) is 0 Å². The summed E-state index contributed by atoms with van der Waals surface area (Å²) in [4.78, 5) is 12.2. The molecule has 2 rings (SSSR count). The molecular formula is C15H16FNO4S. The van der Waals surface area contributed by atoms with Crippen molar-refractivity contribution < 1.29 is 22.3 Å². The molecule has 1 fully saturated rings. The van der Waals surface area contributed by atoms with Gasteiger partial charge >= 0.3 is 5.97 Å². The van der Waals surface area contributed by atoms with E-state index in [1.807, 2.05) is 6.07 Å².